The Morgan fingerprint density at radius 1 is 1.18 bits per heavy atom. The number of hydrogen-bond donors (Lipinski definition) is 1. The van der Waals surface area contributed by atoms with Crippen LogP contribution in [0.4, 0.5) is 0 Å². The van der Waals surface area contributed by atoms with Crippen LogP contribution in [0, 0.1) is 0 Å². The van der Waals surface area contributed by atoms with Crippen LogP contribution < -0.4 is 14.8 Å². The molecular formula is C17H20N2O3. The maximum absolute atomic E-state index is 12.2. The lowest BCUT2D eigenvalue weighted by Crippen LogP contribution is -2.28. The van der Waals surface area contributed by atoms with Gasteiger partial charge in [0.25, 0.3) is 0 Å². The van der Waals surface area contributed by atoms with E-state index in [1.54, 1.807) is 32.7 Å². The Labute approximate surface area is 130 Å². The van der Waals surface area contributed by atoms with Gasteiger partial charge in [-0.3, -0.25) is 9.78 Å². The highest BCUT2D eigenvalue weighted by Crippen LogP contribution is 2.25. The largest absolute Gasteiger partial charge is 0.497 e. The number of benzene rings is 1. The van der Waals surface area contributed by atoms with Crippen LogP contribution in [0.3, 0.4) is 0 Å². The van der Waals surface area contributed by atoms with Gasteiger partial charge in [0.05, 0.1) is 26.7 Å². The zero-order valence-corrected chi connectivity index (χ0v) is 13.0. The summed E-state index contributed by atoms with van der Waals surface area (Å²) >= 11 is 0. The summed E-state index contributed by atoms with van der Waals surface area (Å²) in [4.78, 5) is 16.2. The quantitative estimate of drug-likeness (QED) is 0.890. The number of nitrogens with one attached hydrogen (secondary N) is 1. The van der Waals surface area contributed by atoms with Crippen LogP contribution in [-0.4, -0.2) is 25.1 Å². The smallest absolute Gasteiger partial charge is 0.225 e. The number of amides is 1. The topological polar surface area (TPSA) is 60.5 Å². The number of carbonyl (C=O) groups excluding carboxylic acids is 1. The number of hydrogen-bond acceptors (Lipinski definition) is 4. The number of nitrogens with zero attached hydrogens (tertiary/aromatic N) is 1. The van der Waals surface area contributed by atoms with Crippen molar-refractivity contribution in [3.05, 3.63) is 53.9 Å². The molecule has 1 aromatic heterocycles. The van der Waals surface area contributed by atoms with E-state index in [-0.39, 0.29) is 18.4 Å². The molecule has 0 fully saturated rings. The van der Waals surface area contributed by atoms with Crippen molar-refractivity contribution in [2.24, 2.45) is 0 Å². The van der Waals surface area contributed by atoms with Gasteiger partial charge in [-0.2, -0.15) is 0 Å². The van der Waals surface area contributed by atoms with Crippen molar-refractivity contribution in [3.8, 4) is 11.5 Å². The summed E-state index contributed by atoms with van der Waals surface area (Å²) in [5.74, 6) is 1.28. The Morgan fingerprint density at radius 2 is 1.91 bits per heavy atom. The molecule has 5 nitrogen and oxygen atoms in total. The molecule has 2 rings (SSSR count). The van der Waals surface area contributed by atoms with Gasteiger partial charge >= 0.3 is 0 Å². The zero-order chi connectivity index (χ0) is 15.9. The average Bonchev–Trinajstić information content (AvgIpc) is 2.55. The predicted octanol–water partition coefficient (Wildman–Crippen LogP) is 2.52. The highest BCUT2D eigenvalue weighted by molar-refractivity contribution is 5.79. The predicted molar refractivity (Wildman–Crippen MR) is 84.0 cm³/mol. The van der Waals surface area contributed by atoms with E-state index in [1.165, 1.54) is 0 Å². The van der Waals surface area contributed by atoms with Gasteiger partial charge in [-0.25, -0.2) is 0 Å². The minimum absolute atomic E-state index is 0.0622. The van der Waals surface area contributed by atoms with Gasteiger partial charge in [0.15, 0.2) is 0 Å². The first-order valence-corrected chi connectivity index (χ1v) is 7.04. The van der Waals surface area contributed by atoms with Crippen LogP contribution in [0.2, 0.25) is 0 Å². The molecule has 0 radical (unpaired) electrons. The van der Waals surface area contributed by atoms with Crippen molar-refractivity contribution in [2.75, 3.05) is 14.2 Å². The third-order valence-corrected chi connectivity index (χ3v) is 3.43. The van der Waals surface area contributed by atoms with Crippen molar-refractivity contribution in [1.29, 1.82) is 0 Å². The van der Waals surface area contributed by atoms with Crippen LogP contribution in [0.15, 0.2) is 42.7 Å². The lowest BCUT2D eigenvalue weighted by Gasteiger charge is -2.15. The number of methoxy groups -OCH3 is 2. The van der Waals surface area contributed by atoms with E-state index in [2.05, 4.69) is 10.3 Å². The summed E-state index contributed by atoms with van der Waals surface area (Å²) in [6.45, 7) is 1.94. The fourth-order valence-corrected chi connectivity index (χ4v) is 2.20. The first-order valence-electron chi connectivity index (χ1n) is 7.04. The number of rotatable bonds is 6. The maximum Gasteiger partial charge on any atom is 0.225 e. The maximum atomic E-state index is 12.2. The molecule has 1 atom stereocenters. The molecule has 116 valence electrons. The lowest BCUT2D eigenvalue weighted by atomic mass is 10.1. The molecule has 0 saturated carbocycles. The number of carbonyl (C=O) groups is 1. The molecule has 0 aliphatic carbocycles. The Kier molecular flexibility index (Phi) is 5.36. The minimum atomic E-state index is -0.0697. The molecule has 22 heavy (non-hydrogen) atoms. The van der Waals surface area contributed by atoms with Crippen LogP contribution in [0.5, 0.6) is 11.5 Å². The second-order valence-corrected chi connectivity index (χ2v) is 4.92. The molecule has 1 aromatic carbocycles. The Balaban J connectivity index is 2.03. The Bertz CT molecular complexity index is 629. The molecule has 0 aliphatic heterocycles. The first-order chi connectivity index (χ1) is 10.6. The van der Waals surface area contributed by atoms with E-state index in [0.29, 0.717) is 11.5 Å². The van der Waals surface area contributed by atoms with E-state index in [1.807, 2.05) is 31.2 Å². The summed E-state index contributed by atoms with van der Waals surface area (Å²) in [6, 6.07) is 9.14. The van der Waals surface area contributed by atoms with Gasteiger partial charge in [0.2, 0.25) is 5.91 Å². The monoisotopic (exact) mass is 300 g/mol. The van der Waals surface area contributed by atoms with Crippen molar-refractivity contribution >= 4 is 5.91 Å². The molecule has 0 bridgehead atoms. The average molecular weight is 300 g/mol. The molecule has 1 N–H and O–H groups in total. The van der Waals surface area contributed by atoms with E-state index in [4.69, 9.17) is 9.47 Å². The first kappa shape index (κ1) is 15.8. The lowest BCUT2D eigenvalue weighted by molar-refractivity contribution is -0.121. The zero-order valence-electron chi connectivity index (χ0n) is 13.0. The van der Waals surface area contributed by atoms with E-state index >= 15 is 0 Å². The second kappa shape index (κ2) is 7.45. The van der Waals surface area contributed by atoms with E-state index in [9.17, 15) is 4.79 Å². The van der Waals surface area contributed by atoms with Gasteiger partial charge in [-0.15, -0.1) is 0 Å². The van der Waals surface area contributed by atoms with Crippen molar-refractivity contribution in [3.63, 3.8) is 0 Å². The van der Waals surface area contributed by atoms with Crippen molar-refractivity contribution in [1.82, 2.24) is 10.3 Å². The van der Waals surface area contributed by atoms with Gasteiger partial charge in [-0.05, 0) is 30.7 Å². The highest BCUT2D eigenvalue weighted by atomic mass is 16.5. The highest BCUT2D eigenvalue weighted by Gasteiger charge is 2.13. The molecule has 1 heterocycles. The fraction of sp³-hybridized carbons (Fsp3) is 0.294. The van der Waals surface area contributed by atoms with Gasteiger partial charge in [0.1, 0.15) is 11.5 Å². The molecule has 1 amide bonds. The molecule has 0 saturated heterocycles. The Morgan fingerprint density at radius 3 is 2.55 bits per heavy atom. The van der Waals surface area contributed by atoms with Crippen molar-refractivity contribution in [2.45, 2.75) is 19.4 Å². The molecule has 0 unspecified atom stereocenters. The number of ether oxygens (including phenoxy) is 2. The van der Waals surface area contributed by atoms with Gasteiger partial charge in [-0.1, -0.05) is 6.07 Å². The number of pyridine rings is 1. The summed E-state index contributed by atoms with van der Waals surface area (Å²) in [5, 5.41) is 2.97. The standard InChI is InChI=1S/C17H20N2O3/c1-12(13-6-8-18-9-7-13)19-17(20)10-14-4-5-15(21-2)11-16(14)22-3/h4-9,11-12H,10H2,1-3H3,(H,19,20)/t12-/m0/s1. The summed E-state index contributed by atoms with van der Waals surface area (Å²) < 4.78 is 10.5. The second-order valence-electron chi connectivity index (χ2n) is 4.92. The number of aromatic nitrogens is 1. The molecule has 0 spiro atoms. The van der Waals surface area contributed by atoms with Gasteiger partial charge in [0, 0.05) is 24.0 Å². The third-order valence-electron chi connectivity index (χ3n) is 3.43. The van der Waals surface area contributed by atoms with Crippen LogP contribution in [-0.2, 0) is 11.2 Å². The fourth-order valence-electron chi connectivity index (χ4n) is 2.20. The third kappa shape index (κ3) is 3.97. The molecule has 0 aliphatic rings. The van der Waals surface area contributed by atoms with Gasteiger partial charge < -0.3 is 14.8 Å². The Hall–Kier alpha value is -2.56. The SMILES string of the molecule is COc1ccc(CC(=O)N[C@@H](C)c2ccncc2)c(OC)c1. The van der Waals surface area contributed by atoms with E-state index < -0.39 is 0 Å². The summed E-state index contributed by atoms with van der Waals surface area (Å²) in [5.41, 5.74) is 1.84. The van der Waals surface area contributed by atoms with Crippen LogP contribution >= 0.6 is 0 Å². The van der Waals surface area contributed by atoms with E-state index in [0.717, 1.165) is 11.1 Å². The summed E-state index contributed by atoms with van der Waals surface area (Å²) in [6.07, 6.45) is 3.68. The van der Waals surface area contributed by atoms with Crippen molar-refractivity contribution < 1.29 is 14.3 Å². The minimum Gasteiger partial charge on any atom is -0.497 e. The molecular weight excluding hydrogens is 280 g/mol. The normalized spacial score (nSPS) is 11.6. The summed E-state index contributed by atoms with van der Waals surface area (Å²) in [7, 11) is 3.17. The molecule has 2 aromatic rings. The molecule has 5 heteroatoms. The van der Waals surface area contributed by atoms with Crippen LogP contribution in [0.1, 0.15) is 24.1 Å². The van der Waals surface area contributed by atoms with Crippen LogP contribution in [0.25, 0.3) is 0 Å².